The van der Waals surface area contributed by atoms with E-state index in [9.17, 15) is 4.39 Å². The first-order valence-corrected chi connectivity index (χ1v) is 6.88. The van der Waals surface area contributed by atoms with Crippen molar-refractivity contribution in [2.75, 3.05) is 24.5 Å². The number of nitrogens with one attached hydrogen (secondary N) is 2. The molecule has 2 heterocycles. The third-order valence-corrected chi connectivity index (χ3v) is 3.62. The minimum absolute atomic E-state index is 0.0799. The fourth-order valence-corrected chi connectivity index (χ4v) is 2.49. The second-order valence-electron chi connectivity index (χ2n) is 4.89. The molecule has 0 aliphatic carbocycles. The molecule has 0 bridgehead atoms. The van der Waals surface area contributed by atoms with Gasteiger partial charge in [-0.3, -0.25) is 5.10 Å². The molecule has 1 atom stereocenters. The number of aromatic amines is 1. The van der Waals surface area contributed by atoms with Crippen LogP contribution in [0.4, 0.5) is 10.3 Å². The largest absolute Gasteiger partial charge is 0.337 e. The molecule has 2 N–H and O–H groups in total. The van der Waals surface area contributed by atoms with Crippen molar-refractivity contribution in [2.24, 2.45) is 0 Å². The highest BCUT2D eigenvalue weighted by molar-refractivity contribution is 6.31. The van der Waals surface area contributed by atoms with Crippen LogP contribution in [0.3, 0.4) is 0 Å². The van der Waals surface area contributed by atoms with Crippen LogP contribution in [0.1, 0.15) is 6.92 Å². The maximum absolute atomic E-state index is 14.0. The van der Waals surface area contributed by atoms with Crippen LogP contribution in [0.25, 0.3) is 11.4 Å². The fourth-order valence-electron chi connectivity index (χ4n) is 2.32. The van der Waals surface area contributed by atoms with Gasteiger partial charge in [-0.25, -0.2) is 4.39 Å². The highest BCUT2D eigenvalue weighted by atomic mass is 35.5. The molecule has 0 amide bonds. The van der Waals surface area contributed by atoms with Crippen LogP contribution in [0.2, 0.25) is 5.02 Å². The summed E-state index contributed by atoms with van der Waals surface area (Å²) >= 11 is 5.78. The fraction of sp³-hybridized carbons (Fsp3) is 0.385. The molecule has 0 radical (unpaired) electrons. The zero-order chi connectivity index (χ0) is 14.1. The zero-order valence-corrected chi connectivity index (χ0v) is 11.8. The van der Waals surface area contributed by atoms with Crippen LogP contribution in [0, 0.1) is 5.82 Å². The normalized spacial score (nSPS) is 19.4. The molecule has 1 aromatic carbocycles. The second-order valence-corrected chi connectivity index (χ2v) is 5.29. The molecule has 3 rings (SSSR count). The van der Waals surface area contributed by atoms with E-state index in [0.29, 0.717) is 23.4 Å². The summed E-state index contributed by atoms with van der Waals surface area (Å²) in [5.41, 5.74) is 0.333. The second kappa shape index (κ2) is 5.38. The van der Waals surface area contributed by atoms with Gasteiger partial charge < -0.3 is 10.2 Å². The van der Waals surface area contributed by atoms with Crippen LogP contribution >= 0.6 is 11.6 Å². The number of halogens is 2. The number of piperazine rings is 1. The van der Waals surface area contributed by atoms with Gasteiger partial charge in [0.25, 0.3) is 0 Å². The number of hydrogen-bond donors (Lipinski definition) is 2. The van der Waals surface area contributed by atoms with E-state index < -0.39 is 5.82 Å². The molecule has 1 saturated heterocycles. The minimum atomic E-state index is -0.481. The van der Waals surface area contributed by atoms with Crippen LogP contribution in [0.5, 0.6) is 0 Å². The molecule has 1 aliphatic heterocycles. The van der Waals surface area contributed by atoms with Gasteiger partial charge in [0, 0.05) is 25.7 Å². The van der Waals surface area contributed by atoms with Gasteiger partial charge in [0.1, 0.15) is 0 Å². The Morgan fingerprint density at radius 1 is 1.45 bits per heavy atom. The molecule has 2 aromatic rings. The lowest BCUT2D eigenvalue weighted by atomic mass is 10.2. The smallest absolute Gasteiger partial charge is 0.245 e. The average molecular weight is 296 g/mol. The van der Waals surface area contributed by atoms with Gasteiger partial charge in [-0.2, -0.15) is 4.98 Å². The highest BCUT2D eigenvalue weighted by Gasteiger charge is 2.20. The van der Waals surface area contributed by atoms with E-state index in [1.54, 1.807) is 12.1 Å². The third kappa shape index (κ3) is 2.48. The van der Waals surface area contributed by atoms with Crippen molar-refractivity contribution in [3.63, 3.8) is 0 Å². The van der Waals surface area contributed by atoms with Crippen molar-refractivity contribution in [1.82, 2.24) is 20.5 Å². The molecule has 1 aliphatic rings. The van der Waals surface area contributed by atoms with E-state index in [1.807, 2.05) is 0 Å². The molecule has 0 spiro atoms. The molecule has 106 valence electrons. The highest BCUT2D eigenvalue weighted by Crippen LogP contribution is 2.26. The molecule has 20 heavy (non-hydrogen) atoms. The van der Waals surface area contributed by atoms with Gasteiger partial charge in [-0.1, -0.05) is 17.7 Å². The molecular weight excluding hydrogens is 281 g/mol. The van der Waals surface area contributed by atoms with E-state index in [1.165, 1.54) is 6.07 Å². The number of hydrogen-bond acceptors (Lipinski definition) is 4. The summed E-state index contributed by atoms with van der Waals surface area (Å²) in [4.78, 5) is 6.45. The Balaban J connectivity index is 1.88. The van der Waals surface area contributed by atoms with E-state index in [4.69, 9.17) is 11.6 Å². The summed E-state index contributed by atoms with van der Waals surface area (Å²) < 4.78 is 14.0. The van der Waals surface area contributed by atoms with E-state index in [0.717, 1.165) is 19.6 Å². The van der Waals surface area contributed by atoms with Crippen LogP contribution in [-0.2, 0) is 0 Å². The minimum Gasteiger partial charge on any atom is -0.337 e. The SMILES string of the molecule is C[C@@H]1CN(c2n[nH]c(-c3cccc(Cl)c3F)n2)CCN1. The summed E-state index contributed by atoms with van der Waals surface area (Å²) in [5.74, 6) is 0.504. The van der Waals surface area contributed by atoms with Gasteiger partial charge >= 0.3 is 0 Å². The third-order valence-electron chi connectivity index (χ3n) is 3.33. The average Bonchev–Trinajstić information content (AvgIpc) is 2.91. The Bertz CT molecular complexity index is 615. The zero-order valence-electron chi connectivity index (χ0n) is 11.0. The molecule has 0 unspecified atom stereocenters. The predicted molar refractivity (Wildman–Crippen MR) is 76.5 cm³/mol. The number of H-pyrrole nitrogens is 1. The van der Waals surface area contributed by atoms with Crippen molar-refractivity contribution >= 4 is 17.5 Å². The Labute approximate surface area is 121 Å². The molecule has 5 nitrogen and oxygen atoms in total. The van der Waals surface area contributed by atoms with Gasteiger partial charge in [0.15, 0.2) is 11.6 Å². The van der Waals surface area contributed by atoms with Crippen LogP contribution in [-0.4, -0.2) is 40.9 Å². The van der Waals surface area contributed by atoms with Gasteiger partial charge in [0.2, 0.25) is 5.95 Å². The van der Waals surface area contributed by atoms with E-state index >= 15 is 0 Å². The summed E-state index contributed by atoms with van der Waals surface area (Å²) in [6.07, 6.45) is 0. The Morgan fingerprint density at radius 2 is 2.30 bits per heavy atom. The first kappa shape index (κ1) is 13.3. The molecule has 1 aromatic heterocycles. The Hall–Kier alpha value is -1.66. The van der Waals surface area contributed by atoms with Gasteiger partial charge in [0.05, 0.1) is 10.6 Å². The standard InChI is InChI=1S/C13H15ClFN5/c1-8-7-20(6-5-16-8)13-17-12(18-19-13)9-3-2-4-10(14)11(9)15/h2-4,8,16H,5-7H2,1H3,(H,17,18,19)/t8-/m1/s1. The van der Waals surface area contributed by atoms with Crippen LogP contribution < -0.4 is 10.2 Å². The summed E-state index contributed by atoms with van der Waals surface area (Å²) in [6, 6.07) is 5.21. The summed E-state index contributed by atoms with van der Waals surface area (Å²) in [7, 11) is 0. The lowest BCUT2D eigenvalue weighted by molar-refractivity contribution is 0.480. The number of rotatable bonds is 2. The van der Waals surface area contributed by atoms with E-state index in [-0.39, 0.29) is 5.02 Å². The number of aromatic nitrogens is 3. The first-order valence-electron chi connectivity index (χ1n) is 6.50. The Kier molecular flexibility index (Phi) is 3.58. The van der Waals surface area contributed by atoms with Crippen molar-refractivity contribution in [2.45, 2.75) is 13.0 Å². The lowest BCUT2D eigenvalue weighted by Crippen LogP contribution is -2.49. The predicted octanol–water partition coefficient (Wildman–Crippen LogP) is 2.06. The van der Waals surface area contributed by atoms with Crippen molar-refractivity contribution in [1.29, 1.82) is 0 Å². The number of nitrogens with zero attached hydrogens (tertiary/aromatic N) is 3. The maximum atomic E-state index is 14.0. The van der Waals surface area contributed by atoms with Crippen molar-refractivity contribution in [3.05, 3.63) is 29.0 Å². The molecule has 7 heteroatoms. The van der Waals surface area contributed by atoms with Crippen LogP contribution in [0.15, 0.2) is 18.2 Å². The molecule has 0 saturated carbocycles. The topological polar surface area (TPSA) is 56.8 Å². The monoisotopic (exact) mass is 295 g/mol. The first-order chi connectivity index (χ1) is 9.65. The summed E-state index contributed by atoms with van der Waals surface area (Å²) in [6.45, 7) is 4.65. The number of benzene rings is 1. The number of anilines is 1. The maximum Gasteiger partial charge on any atom is 0.245 e. The van der Waals surface area contributed by atoms with Crippen molar-refractivity contribution < 1.29 is 4.39 Å². The lowest BCUT2D eigenvalue weighted by Gasteiger charge is -2.30. The molecular formula is C13H15ClFN5. The van der Waals surface area contributed by atoms with Gasteiger partial charge in [-0.15, -0.1) is 5.10 Å². The van der Waals surface area contributed by atoms with Gasteiger partial charge in [-0.05, 0) is 19.1 Å². The molecule has 1 fully saturated rings. The van der Waals surface area contributed by atoms with Crippen molar-refractivity contribution in [3.8, 4) is 11.4 Å². The van der Waals surface area contributed by atoms with E-state index in [2.05, 4.69) is 32.3 Å². The quantitative estimate of drug-likeness (QED) is 0.890. The summed E-state index contributed by atoms with van der Waals surface area (Å²) in [5, 5.41) is 10.4. The Morgan fingerprint density at radius 3 is 3.10 bits per heavy atom.